The average molecular weight is 345 g/mol. The Morgan fingerprint density at radius 1 is 1.21 bits per heavy atom. The van der Waals surface area contributed by atoms with Crippen molar-refractivity contribution >= 4 is 27.7 Å². The zero-order chi connectivity index (χ0) is 14.0. The Kier molecular flexibility index (Phi) is 5.07. The van der Waals surface area contributed by atoms with Crippen LogP contribution in [-0.2, 0) is 0 Å². The SMILES string of the molecule is COc1cc(OC)c2c(c1)C(C)C(C)SC2CCBr. The van der Waals surface area contributed by atoms with E-state index in [0.29, 0.717) is 16.4 Å². The number of fused-ring (bicyclic) bond motifs is 1. The van der Waals surface area contributed by atoms with Crippen molar-refractivity contribution in [2.75, 3.05) is 19.5 Å². The molecule has 0 radical (unpaired) electrons. The van der Waals surface area contributed by atoms with Gasteiger partial charge in [-0.1, -0.05) is 29.8 Å². The molecule has 0 aromatic heterocycles. The number of methoxy groups -OCH3 is 2. The molecule has 3 atom stereocenters. The number of halogens is 1. The molecule has 0 spiro atoms. The van der Waals surface area contributed by atoms with Gasteiger partial charge in [-0.25, -0.2) is 0 Å². The van der Waals surface area contributed by atoms with Gasteiger partial charge in [0, 0.05) is 27.5 Å². The van der Waals surface area contributed by atoms with Gasteiger partial charge in [-0.3, -0.25) is 0 Å². The van der Waals surface area contributed by atoms with Gasteiger partial charge in [-0.15, -0.1) is 11.8 Å². The molecule has 1 aliphatic rings. The number of alkyl halides is 1. The van der Waals surface area contributed by atoms with E-state index in [1.807, 2.05) is 6.07 Å². The van der Waals surface area contributed by atoms with Gasteiger partial charge < -0.3 is 9.47 Å². The molecule has 19 heavy (non-hydrogen) atoms. The Hall–Kier alpha value is -0.350. The first-order chi connectivity index (χ1) is 9.12. The summed E-state index contributed by atoms with van der Waals surface area (Å²) in [6, 6.07) is 4.18. The largest absolute Gasteiger partial charge is 0.497 e. The highest BCUT2D eigenvalue weighted by Crippen LogP contribution is 2.52. The molecule has 0 saturated carbocycles. The minimum absolute atomic E-state index is 0.501. The molecule has 0 N–H and O–H groups in total. The Morgan fingerprint density at radius 2 is 1.95 bits per heavy atom. The quantitative estimate of drug-likeness (QED) is 0.733. The molecule has 0 aliphatic carbocycles. The van der Waals surface area contributed by atoms with Crippen LogP contribution in [0, 0.1) is 0 Å². The summed E-state index contributed by atoms with van der Waals surface area (Å²) in [4.78, 5) is 0. The second-order valence-corrected chi connectivity index (χ2v) is 7.31. The summed E-state index contributed by atoms with van der Waals surface area (Å²) < 4.78 is 11.0. The number of thioether (sulfide) groups is 1. The molecule has 0 bridgehead atoms. The monoisotopic (exact) mass is 344 g/mol. The fraction of sp³-hybridized carbons (Fsp3) is 0.600. The van der Waals surface area contributed by atoms with Crippen molar-refractivity contribution in [2.45, 2.75) is 36.7 Å². The van der Waals surface area contributed by atoms with E-state index in [4.69, 9.17) is 9.47 Å². The molecule has 0 fully saturated rings. The van der Waals surface area contributed by atoms with Crippen molar-refractivity contribution in [3.8, 4) is 11.5 Å². The maximum absolute atomic E-state index is 5.61. The normalized spacial score (nSPS) is 25.8. The number of hydrogen-bond donors (Lipinski definition) is 0. The van der Waals surface area contributed by atoms with Gasteiger partial charge in [-0.2, -0.15) is 0 Å². The summed E-state index contributed by atoms with van der Waals surface area (Å²) >= 11 is 5.62. The molecule has 0 saturated heterocycles. The lowest BCUT2D eigenvalue weighted by Crippen LogP contribution is -2.20. The van der Waals surface area contributed by atoms with Crippen LogP contribution >= 0.6 is 27.7 Å². The van der Waals surface area contributed by atoms with Crippen molar-refractivity contribution < 1.29 is 9.47 Å². The minimum atomic E-state index is 0.501. The second-order valence-electron chi connectivity index (χ2n) is 4.93. The second kappa shape index (κ2) is 6.40. The predicted molar refractivity (Wildman–Crippen MR) is 86.2 cm³/mol. The molecular formula is C15H21BrO2S. The van der Waals surface area contributed by atoms with Crippen LogP contribution in [0.1, 0.15) is 42.6 Å². The molecule has 4 heteroatoms. The zero-order valence-electron chi connectivity index (χ0n) is 11.9. The Morgan fingerprint density at radius 3 is 2.53 bits per heavy atom. The first-order valence-electron chi connectivity index (χ1n) is 6.59. The maximum atomic E-state index is 5.61. The molecule has 1 aliphatic heterocycles. The van der Waals surface area contributed by atoms with E-state index in [1.165, 1.54) is 11.1 Å². The predicted octanol–water partition coefficient (Wildman–Crippen LogP) is 4.77. The third kappa shape index (κ3) is 2.89. The van der Waals surface area contributed by atoms with Crippen molar-refractivity contribution in [1.29, 1.82) is 0 Å². The fourth-order valence-corrected chi connectivity index (χ4v) is 4.94. The van der Waals surface area contributed by atoms with Crippen LogP contribution in [0.5, 0.6) is 11.5 Å². The van der Waals surface area contributed by atoms with E-state index in [-0.39, 0.29) is 0 Å². The lowest BCUT2D eigenvalue weighted by atomic mass is 9.89. The van der Waals surface area contributed by atoms with E-state index in [9.17, 15) is 0 Å². The van der Waals surface area contributed by atoms with Crippen molar-refractivity contribution in [3.05, 3.63) is 23.3 Å². The number of hydrogen-bond acceptors (Lipinski definition) is 3. The smallest absolute Gasteiger partial charge is 0.127 e. The minimum Gasteiger partial charge on any atom is -0.497 e. The third-order valence-electron chi connectivity index (χ3n) is 3.87. The number of benzene rings is 1. The molecule has 2 rings (SSSR count). The number of ether oxygens (including phenoxy) is 2. The zero-order valence-corrected chi connectivity index (χ0v) is 14.3. The van der Waals surface area contributed by atoms with Gasteiger partial charge in [0.15, 0.2) is 0 Å². The lowest BCUT2D eigenvalue weighted by Gasteiger charge is -2.35. The molecular weight excluding hydrogens is 324 g/mol. The lowest BCUT2D eigenvalue weighted by molar-refractivity contribution is 0.388. The van der Waals surface area contributed by atoms with Gasteiger partial charge in [0.1, 0.15) is 11.5 Å². The molecule has 3 unspecified atom stereocenters. The Labute approximate surface area is 128 Å². The standard InChI is InChI=1S/C15H21BrO2S/c1-9-10(2)19-14(5-6-16)15-12(9)7-11(17-3)8-13(15)18-4/h7-10,14H,5-6H2,1-4H3. The Balaban J connectivity index is 2.55. The van der Waals surface area contributed by atoms with Crippen molar-refractivity contribution in [1.82, 2.24) is 0 Å². The third-order valence-corrected chi connectivity index (χ3v) is 5.97. The Bertz CT molecular complexity index is 450. The van der Waals surface area contributed by atoms with Gasteiger partial charge in [0.25, 0.3) is 0 Å². The first kappa shape index (κ1) is 15.0. The van der Waals surface area contributed by atoms with E-state index in [1.54, 1.807) is 14.2 Å². The highest BCUT2D eigenvalue weighted by molar-refractivity contribution is 9.09. The molecule has 106 valence electrons. The number of rotatable bonds is 4. The van der Waals surface area contributed by atoms with E-state index >= 15 is 0 Å². The molecule has 2 nitrogen and oxygen atoms in total. The summed E-state index contributed by atoms with van der Waals surface area (Å²) in [5.41, 5.74) is 2.74. The summed E-state index contributed by atoms with van der Waals surface area (Å²) in [6.45, 7) is 4.60. The van der Waals surface area contributed by atoms with Crippen LogP contribution in [0.15, 0.2) is 12.1 Å². The van der Waals surface area contributed by atoms with Crippen molar-refractivity contribution in [2.24, 2.45) is 0 Å². The highest BCUT2D eigenvalue weighted by Gasteiger charge is 2.33. The summed E-state index contributed by atoms with van der Waals surface area (Å²) in [7, 11) is 3.45. The van der Waals surface area contributed by atoms with Crippen LogP contribution < -0.4 is 9.47 Å². The molecule has 1 aromatic carbocycles. The summed E-state index contributed by atoms with van der Waals surface area (Å²) in [5.74, 6) is 2.38. The van der Waals surface area contributed by atoms with Gasteiger partial charge in [-0.05, 0) is 24.0 Å². The molecule has 1 aromatic rings. The summed E-state index contributed by atoms with van der Waals surface area (Å²) in [5, 5.41) is 2.13. The molecule has 0 amide bonds. The van der Waals surface area contributed by atoms with E-state index < -0.39 is 0 Å². The van der Waals surface area contributed by atoms with Crippen LogP contribution in [0.2, 0.25) is 0 Å². The van der Waals surface area contributed by atoms with Crippen LogP contribution in [-0.4, -0.2) is 24.8 Å². The van der Waals surface area contributed by atoms with Crippen LogP contribution in [0.3, 0.4) is 0 Å². The van der Waals surface area contributed by atoms with E-state index in [0.717, 1.165) is 23.2 Å². The van der Waals surface area contributed by atoms with E-state index in [2.05, 4.69) is 47.6 Å². The average Bonchev–Trinajstić information content (AvgIpc) is 2.43. The topological polar surface area (TPSA) is 18.5 Å². The molecule has 1 heterocycles. The van der Waals surface area contributed by atoms with Gasteiger partial charge in [0.2, 0.25) is 0 Å². The highest BCUT2D eigenvalue weighted by atomic mass is 79.9. The van der Waals surface area contributed by atoms with Crippen LogP contribution in [0.25, 0.3) is 0 Å². The fourth-order valence-electron chi connectivity index (χ4n) is 2.64. The first-order valence-corrected chi connectivity index (χ1v) is 8.66. The van der Waals surface area contributed by atoms with Gasteiger partial charge >= 0.3 is 0 Å². The van der Waals surface area contributed by atoms with Crippen molar-refractivity contribution in [3.63, 3.8) is 0 Å². The van der Waals surface area contributed by atoms with Gasteiger partial charge in [0.05, 0.1) is 14.2 Å². The van der Waals surface area contributed by atoms with Crippen LogP contribution in [0.4, 0.5) is 0 Å². The summed E-state index contributed by atoms with van der Waals surface area (Å²) in [6.07, 6.45) is 1.12. The maximum Gasteiger partial charge on any atom is 0.127 e.